The number of amides is 1. The van der Waals surface area contributed by atoms with Crippen LogP contribution in [0.15, 0.2) is 52.7 Å². The van der Waals surface area contributed by atoms with Gasteiger partial charge in [-0.25, -0.2) is 13.4 Å². The fourth-order valence-electron chi connectivity index (χ4n) is 2.57. The third kappa shape index (κ3) is 4.76. The number of carbonyl (C=O) groups excluding carboxylic acids is 1. The number of thiazole rings is 1. The highest BCUT2D eigenvalue weighted by Crippen LogP contribution is 2.22. The molecule has 0 fully saturated rings. The number of hydrogen-bond acceptors (Lipinski definition) is 5. The Bertz CT molecular complexity index is 1100. The van der Waals surface area contributed by atoms with Crippen LogP contribution in [0.3, 0.4) is 0 Å². The highest BCUT2D eigenvalue weighted by atomic mass is 32.2. The van der Waals surface area contributed by atoms with Crippen molar-refractivity contribution in [1.29, 1.82) is 0 Å². The van der Waals surface area contributed by atoms with Gasteiger partial charge in [-0.15, -0.1) is 11.3 Å². The maximum absolute atomic E-state index is 12.4. The lowest BCUT2D eigenvalue weighted by atomic mass is 10.1. The van der Waals surface area contributed by atoms with Crippen molar-refractivity contribution in [3.05, 3.63) is 70.2 Å². The van der Waals surface area contributed by atoms with Gasteiger partial charge < -0.3 is 5.32 Å². The van der Waals surface area contributed by atoms with Crippen molar-refractivity contribution in [2.75, 3.05) is 10.0 Å². The number of anilines is 2. The van der Waals surface area contributed by atoms with Gasteiger partial charge in [0.05, 0.1) is 17.0 Å². The van der Waals surface area contributed by atoms with E-state index in [0.29, 0.717) is 5.69 Å². The summed E-state index contributed by atoms with van der Waals surface area (Å²) in [5, 5.41) is 4.78. The van der Waals surface area contributed by atoms with Gasteiger partial charge in [0, 0.05) is 11.1 Å². The van der Waals surface area contributed by atoms with Gasteiger partial charge in [-0.05, 0) is 50.1 Å². The van der Waals surface area contributed by atoms with Gasteiger partial charge in [0.25, 0.3) is 10.0 Å². The summed E-state index contributed by atoms with van der Waals surface area (Å²) < 4.78 is 27.3. The second-order valence-electron chi connectivity index (χ2n) is 6.53. The van der Waals surface area contributed by atoms with Gasteiger partial charge in [0.2, 0.25) is 5.91 Å². The Labute approximate surface area is 168 Å². The molecule has 0 saturated heterocycles. The molecule has 8 heteroatoms. The smallest absolute Gasteiger partial charge is 0.263 e. The molecule has 0 bridgehead atoms. The normalized spacial score (nSPS) is 11.2. The van der Waals surface area contributed by atoms with E-state index in [1.165, 1.54) is 0 Å². The first-order valence-electron chi connectivity index (χ1n) is 8.64. The van der Waals surface area contributed by atoms with Gasteiger partial charge in [-0.1, -0.05) is 29.8 Å². The third-order valence-electron chi connectivity index (χ3n) is 4.33. The van der Waals surface area contributed by atoms with Crippen molar-refractivity contribution in [2.45, 2.75) is 32.1 Å². The van der Waals surface area contributed by atoms with E-state index in [1.807, 2.05) is 39.0 Å². The van der Waals surface area contributed by atoms with E-state index in [2.05, 4.69) is 15.0 Å². The fourth-order valence-corrected chi connectivity index (χ4v) is 4.53. The predicted molar refractivity (Wildman–Crippen MR) is 112 cm³/mol. The average Bonchev–Trinajstić information content (AvgIpc) is 3.05. The van der Waals surface area contributed by atoms with Crippen LogP contribution in [0.25, 0.3) is 0 Å². The zero-order chi connectivity index (χ0) is 20.3. The van der Waals surface area contributed by atoms with Crippen molar-refractivity contribution in [2.24, 2.45) is 0 Å². The monoisotopic (exact) mass is 415 g/mol. The molecule has 28 heavy (non-hydrogen) atoms. The molecule has 0 saturated carbocycles. The van der Waals surface area contributed by atoms with Crippen LogP contribution >= 0.6 is 11.3 Å². The Morgan fingerprint density at radius 1 is 1.07 bits per heavy atom. The van der Waals surface area contributed by atoms with E-state index in [-0.39, 0.29) is 22.4 Å². The number of nitrogens with zero attached hydrogens (tertiary/aromatic N) is 1. The van der Waals surface area contributed by atoms with Crippen LogP contribution in [0.2, 0.25) is 0 Å². The molecule has 0 aliphatic heterocycles. The standard InChI is InChI=1S/C20H21N3O3S2/c1-13-7-9-17(10-8-13)28(25,26)23-20-21-16(12-27-20)11-19(24)22-18-6-4-5-14(2)15(18)3/h4-10,12H,11H2,1-3H3,(H,21,23)(H,22,24). The number of nitrogens with one attached hydrogen (secondary N) is 2. The lowest BCUT2D eigenvalue weighted by Crippen LogP contribution is -2.16. The molecular formula is C20H21N3O3S2. The Hall–Kier alpha value is -2.71. The van der Waals surface area contributed by atoms with Crippen molar-refractivity contribution in [1.82, 2.24) is 4.98 Å². The van der Waals surface area contributed by atoms with Crippen molar-refractivity contribution in [3.8, 4) is 0 Å². The Balaban J connectivity index is 1.66. The molecule has 1 heterocycles. The predicted octanol–water partition coefficient (Wildman–Crippen LogP) is 4.05. The molecule has 0 aliphatic rings. The highest BCUT2D eigenvalue weighted by Gasteiger charge is 2.17. The molecule has 2 aromatic carbocycles. The molecule has 146 valence electrons. The fraction of sp³-hybridized carbons (Fsp3) is 0.200. The van der Waals surface area contributed by atoms with Crippen LogP contribution in [0, 0.1) is 20.8 Å². The van der Waals surface area contributed by atoms with E-state index in [1.54, 1.807) is 29.6 Å². The summed E-state index contributed by atoms with van der Waals surface area (Å²) in [5.74, 6) is -0.202. The van der Waals surface area contributed by atoms with E-state index < -0.39 is 10.0 Å². The SMILES string of the molecule is Cc1ccc(S(=O)(=O)Nc2nc(CC(=O)Nc3cccc(C)c3C)cs2)cc1. The Morgan fingerprint density at radius 3 is 2.50 bits per heavy atom. The third-order valence-corrected chi connectivity index (χ3v) is 6.62. The minimum absolute atomic E-state index is 0.0656. The number of aryl methyl sites for hydroxylation is 2. The van der Waals surface area contributed by atoms with Gasteiger partial charge >= 0.3 is 0 Å². The number of benzene rings is 2. The number of hydrogen-bond donors (Lipinski definition) is 2. The molecule has 1 amide bonds. The second-order valence-corrected chi connectivity index (χ2v) is 9.08. The van der Waals surface area contributed by atoms with Gasteiger partial charge in [0.1, 0.15) is 0 Å². The molecule has 0 spiro atoms. The molecule has 1 aromatic heterocycles. The summed E-state index contributed by atoms with van der Waals surface area (Å²) in [6.45, 7) is 5.82. The Morgan fingerprint density at radius 2 is 1.79 bits per heavy atom. The minimum atomic E-state index is -3.71. The van der Waals surface area contributed by atoms with Gasteiger partial charge in [-0.3, -0.25) is 9.52 Å². The van der Waals surface area contributed by atoms with Gasteiger partial charge in [0.15, 0.2) is 5.13 Å². The van der Waals surface area contributed by atoms with Crippen LogP contribution in [0.1, 0.15) is 22.4 Å². The highest BCUT2D eigenvalue weighted by molar-refractivity contribution is 7.93. The summed E-state index contributed by atoms with van der Waals surface area (Å²) in [7, 11) is -3.71. The molecule has 0 atom stereocenters. The summed E-state index contributed by atoms with van der Waals surface area (Å²) in [6.07, 6.45) is 0.0656. The second kappa shape index (κ2) is 8.12. The molecule has 2 N–H and O–H groups in total. The maximum atomic E-state index is 12.4. The summed E-state index contributed by atoms with van der Waals surface area (Å²) in [6, 6.07) is 12.3. The first-order valence-corrected chi connectivity index (χ1v) is 11.0. The number of carbonyl (C=O) groups is 1. The van der Waals surface area contributed by atoms with E-state index in [4.69, 9.17) is 0 Å². The molecule has 3 aromatic rings. The molecule has 0 radical (unpaired) electrons. The summed E-state index contributed by atoms with van der Waals surface area (Å²) in [5.41, 5.74) is 4.36. The molecule has 3 rings (SSSR count). The van der Waals surface area contributed by atoms with Crippen molar-refractivity contribution < 1.29 is 13.2 Å². The number of sulfonamides is 1. The van der Waals surface area contributed by atoms with E-state index in [9.17, 15) is 13.2 Å². The van der Waals surface area contributed by atoms with Crippen molar-refractivity contribution >= 4 is 38.1 Å². The molecule has 6 nitrogen and oxygen atoms in total. The molecule has 0 unspecified atom stereocenters. The quantitative estimate of drug-likeness (QED) is 0.636. The first kappa shape index (κ1) is 20.0. The van der Waals surface area contributed by atoms with E-state index in [0.717, 1.165) is 33.7 Å². The zero-order valence-electron chi connectivity index (χ0n) is 15.8. The molecular weight excluding hydrogens is 394 g/mol. The van der Waals surface area contributed by atoms with Crippen LogP contribution in [-0.4, -0.2) is 19.3 Å². The summed E-state index contributed by atoms with van der Waals surface area (Å²) >= 11 is 1.15. The topological polar surface area (TPSA) is 88.2 Å². The van der Waals surface area contributed by atoms with E-state index >= 15 is 0 Å². The first-order chi connectivity index (χ1) is 13.2. The van der Waals surface area contributed by atoms with Crippen molar-refractivity contribution in [3.63, 3.8) is 0 Å². The summed E-state index contributed by atoms with van der Waals surface area (Å²) in [4.78, 5) is 16.7. The largest absolute Gasteiger partial charge is 0.325 e. The average molecular weight is 416 g/mol. The van der Waals surface area contributed by atoms with Gasteiger partial charge in [-0.2, -0.15) is 0 Å². The van der Waals surface area contributed by atoms with Crippen LogP contribution in [0.4, 0.5) is 10.8 Å². The number of rotatable bonds is 6. The maximum Gasteiger partial charge on any atom is 0.263 e. The zero-order valence-corrected chi connectivity index (χ0v) is 17.4. The van der Waals surface area contributed by atoms with Crippen LogP contribution < -0.4 is 10.0 Å². The lowest BCUT2D eigenvalue weighted by molar-refractivity contribution is -0.115. The minimum Gasteiger partial charge on any atom is -0.325 e. The molecule has 0 aliphatic carbocycles. The van der Waals surface area contributed by atoms with Crippen LogP contribution in [-0.2, 0) is 21.2 Å². The van der Waals surface area contributed by atoms with Crippen LogP contribution in [0.5, 0.6) is 0 Å². The number of aromatic nitrogens is 1. The Kier molecular flexibility index (Phi) is 5.81. The lowest BCUT2D eigenvalue weighted by Gasteiger charge is -2.09.